The van der Waals surface area contributed by atoms with Gasteiger partial charge in [0.25, 0.3) is 0 Å². The molecule has 0 spiro atoms. The Morgan fingerprint density at radius 2 is 2.43 bits per heavy atom. The van der Waals surface area contributed by atoms with Gasteiger partial charge in [0.2, 0.25) is 0 Å². The molecule has 4 N–H and O–H groups in total. The van der Waals surface area contributed by atoms with E-state index in [2.05, 4.69) is 17.3 Å². The monoisotopic (exact) mass is 198 g/mol. The zero-order valence-electron chi connectivity index (χ0n) is 8.70. The number of rotatable bonds is 5. The summed E-state index contributed by atoms with van der Waals surface area (Å²) in [6.45, 7) is 2.24. The lowest BCUT2D eigenvalue weighted by Crippen LogP contribution is -2.20. The molecule has 14 heavy (non-hydrogen) atoms. The fourth-order valence-electron chi connectivity index (χ4n) is 1.35. The van der Waals surface area contributed by atoms with Crippen molar-refractivity contribution in [2.45, 2.75) is 25.8 Å². The van der Waals surface area contributed by atoms with E-state index in [0.717, 1.165) is 6.42 Å². The van der Waals surface area contributed by atoms with E-state index in [-0.39, 0.29) is 12.6 Å². The van der Waals surface area contributed by atoms with Gasteiger partial charge < -0.3 is 16.2 Å². The Labute approximate surface area is 83.9 Å². The molecule has 1 rings (SSSR count). The number of hydrogen-bond donors (Lipinski definition) is 3. The second-order valence-corrected chi connectivity index (χ2v) is 3.37. The number of nitrogens with zero attached hydrogens (tertiary/aromatic N) is 2. The summed E-state index contributed by atoms with van der Waals surface area (Å²) in [7, 11) is 1.83. The molecule has 5 heteroatoms. The van der Waals surface area contributed by atoms with Gasteiger partial charge in [-0.05, 0) is 12.8 Å². The van der Waals surface area contributed by atoms with Crippen molar-refractivity contribution in [2.24, 2.45) is 7.05 Å². The Balaban J connectivity index is 2.61. The molecule has 0 radical (unpaired) electrons. The zero-order valence-corrected chi connectivity index (χ0v) is 8.70. The molecule has 1 aromatic rings. The average Bonchev–Trinajstić information content (AvgIpc) is 2.44. The van der Waals surface area contributed by atoms with Crippen LogP contribution in [0.15, 0.2) is 6.20 Å². The van der Waals surface area contributed by atoms with Gasteiger partial charge in [0.15, 0.2) is 5.82 Å². The fourth-order valence-corrected chi connectivity index (χ4v) is 1.35. The number of nitrogens with one attached hydrogen (secondary N) is 1. The lowest BCUT2D eigenvalue weighted by Gasteiger charge is -2.15. The lowest BCUT2D eigenvalue weighted by molar-refractivity contribution is 0.278. The van der Waals surface area contributed by atoms with Gasteiger partial charge >= 0.3 is 0 Å². The first-order chi connectivity index (χ1) is 6.67. The molecule has 0 aliphatic heterocycles. The molecule has 1 atom stereocenters. The smallest absolute Gasteiger partial charge is 0.171 e. The quantitative estimate of drug-likeness (QED) is 0.646. The van der Waals surface area contributed by atoms with Crippen molar-refractivity contribution < 1.29 is 5.11 Å². The van der Waals surface area contributed by atoms with E-state index >= 15 is 0 Å². The van der Waals surface area contributed by atoms with Crippen LogP contribution in [-0.4, -0.2) is 27.5 Å². The van der Waals surface area contributed by atoms with Crippen LogP contribution in [0.4, 0.5) is 11.5 Å². The standard InChI is InChI=1S/C9H18N4O/c1-3-7(4-5-14)11-9-8(10)6-13(2)12-9/h6-7,14H,3-5,10H2,1-2H3,(H,11,12). The number of aryl methyl sites for hydroxylation is 1. The Bertz CT molecular complexity index is 284. The Kier molecular flexibility index (Phi) is 3.76. The number of aliphatic hydroxyl groups excluding tert-OH is 1. The molecule has 5 nitrogen and oxygen atoms in total. The molecule has 1 heterocycles. The van der Waals surface area contributed by atoms with Crippen LogP contribution in [0, 0.1) is 0 Å². The number of hydrogen-bond acceptors (Lipinski definition) is 4. The first-order valence-electron chi connectivity index (χ1n) is 4.83. The highest BCUT2D eigenvalue weighted by atomic mass is 16.3. The lowest BCUT2D eigenvalue weighted by atomic mass is 10.1. The van der Waals surface area contributed by atoms with Crippen LogP contribution in [0.2, 0.25) is 0 Å². The summed E-state index contributed by atoms with van der Waals surface area (Å²) in [4.78, 5) is 0. The zero-order chi connectivity index (χ0) is 10.6. The molecule has 80 valence electrons. The minimum absolute atomic E-state index is 0.179. The maximum absolute atomic E-state index is 8.82. The first-order valence-corrected chi connectivity index (χ1v) is 4.83. The number of anilines is 2. The van der Waals surface area contributed by atoms with Gasteiger partial charge in [0.1, 0.15) is 0 Å². The van der Waals surface area contributed by atoms with Gasteiger partial charge in [-0.2, -0.15) is 5.10 Å². The third-order valence-electron chi connectivity index (χ3n) is 2.17. The van der Waals surface area contributed by atoms with Gasteiger partial charge in [-0.15, -0.1) is 0 Å². The van der Waals surface area contributed by atoms with Gasteiger partial charge in [0.05, 0.1) is 5.69 Å². The largest absolute Gasteiger partial charge is 0.396 e. The summed E-state index contributed by atoms with van der Waals surface area (Å²) in [6, 6.07) is 0.234. The summed E-state index contributed by atoms with van der Waals surface area (Å²) in [5.74, 6) is 0.702. The van der Waals surface area contributed by atoms with Gasteiger partial charge in [0, 0.05) is 25.9 Å². The number of nitrogen functional groups attached to an aromatic ring is 1. The van der Waals surface area contributed by atoms with Crippen LogP contribution in [0.25, 0.3) is 0 Å². The minimum Gasteiger partial charge on any atom is -0.396 e. The van der Waals surface area contributed by atoms with Gasteiger partial charge in [-0.1, -0.05) is 6.92 Å². The van der Waals surface area contributed by atoms with Crippen LogP contribution in [0.1, 0.15) is 19.8 Å². The third-order valence-corrected chi connectivity index (χ3v) is 2.17. The SMILES string of the molecule is CCC(CCO)Nc1nn(C)cc1N. The van der Waals surface area contributed by atoms with Crippen molar-refractivity contribution in [1.29, 1.82) is 0 Å². The summed E-state index contributed by atoms with van der Waals surface area (Å²) >= 11 is 0. The molecule has 0 aromatic carbocycles. The molecule has 1 unspecified atom stereocenters. The van der Waals surface area contributed by atoms with Crippen molar-refractivity contribution in [3.05, 3.63) is 6.20 Å². The van der Waals surface area contributed by atoms with Gasteiger partial charge in [-0.3, -0.25) is 4.68 Å². The van der Waals surface area contributed by atoms with E-state index in [4.69, 9.17) is 10.8 Å². The molecule has 1 aromatic heterocycles. The number of aromatic nitrogens is 2. The Morgan fingerprint density at radius 1 is 1.71 bits per heavy atom. The van der Waals surface area contributed by atoms with Crippen LogP contribution in [0.5, 0.6) is 0 Å². The maximum Gasteiger partial charge on any atom is 0.171 e. The molecule has 0 aliphatic carbocycles. The van der Waals surface area contributed by atoms with Crippen molar-refractivity contribution in [1.82, 2.24) is 9.78 Å². The molecule has 0 saturated heterocycles. The second-order valence-electron chi connectivity index (χ2n) is 3.37. The molecule has 0 amide bonds. The predicted octanol–water partition coefficient (Wildman–Crippen LogP) is 0.575. The predicted molar refractivity (Wildman–Crippen MR) is 57.0 cm³/mol. The van der Waals surface area contributed by atoms with Crippen LogP contribution < -0.4 is 11.1 Å². The Hall–Kier alpha value is -1.23. The highest BCUT2D eigenvalue weighted by Gasteiger charge is 2.09. The van der Waals surface area contributed by atoms with E-state index < -0.39 is 0 Å². The summed E-state index contributed by atoms with van der Waals surface area (Å²) in [6.07, 6.45) is 3.41. The first kappa shape index (κ1) is 10.8. The van der Waals surface area contributed by atoms with E-state index in [9.17, 15) is 0 Å². The van der Waals surface area contributed by atoms with E-state index in [1.54, 1.807) is 10.9 Å². The maximum atomic E-state index is 8.82. The van der Waals surface area contributed by atoms with E-state index in [0.29, 0.717) is 17.9 Å². The van der Waals surface area contributed by atoms with E-state index in [1.165, 1.54) is 0 Å². The van der Waals surface area contributed by atoms with Crippen molar-refractivity contribution in [2.75, 3.05) is 17.7 Å². The van der Waals surface area contributed by atoms with Crippen molar-refractivity contribution in [3.8, 4) is 0 Å². The summed E-state index contributed by atoms with van der Waals surface area (Å²) in [5.41, 5.74) is 6.37. The molecule has 0 saturated carbocycles. The van der Waals surface area contributed by atoms with Crippen molar-refractivity contribution in [3.63, 3.8) is 0 Å². The third kappa shape index (κ3) is 2.63. The van der Waals surface area contributed by atoms with Gasteiger partial charge in [-0.25, -0.2) is 0 Å². The molecular weight excluding hydrogens is 180 g/mol. The molecule has 0 bridgehead atoms. The Morgan fingerprint density at radius 3 is 2.86 bits per heavy atom. The number of aliphatic hydroxyl groups is 1. The normalized spacial score (nSPS) is 12.8. The van der Waals surface area contributed by atoms with E-state index in [1.807, 2.05) is 7.05 Å². The topological polar surface area (TPSA) is 76.1 Å². The molecule has 0 fully saturated rings. The minimum atomic E-state index is 0.179. The fraction of sp³-hybridized carbons (Fsp3) is 0.667. The second kappa shape index (κ2) is 4.85. The average molecular weight is 198 g/mol. The highest BCUT2D eigenvalue weighted by molar-refractivity contribution is 5.60. The molecular formula is C9H18N4O. The van der Waals surface area contributed by atoms with Crippen LogP contribution >= 0.6 is 0 Å². The highest BCUT2D eigenvalue weighted by Crippen LogP contribution is 2.17. The van der Waals surface area contributed by atoms with Crippen LogP contribution in [-0.2, 0) is 7.05 Å². The van der Waals surface area contributed by atoms with Crippen LogP contribution in [0.3, 0.4) is 0 Å². The summed E-state index contributed by atoms with van der Waals surface area (Å²) in [5, 5.41) is 16.2. The molecule has 0 aliphatic rings. The van der Waals surface area contributed by atoms with Crippen molar-refractivity contribution >= 4 is 11.5 Å². The number of nitrogens with two attached hydrogens (primary N) is 1. The summed E-state index contributed by atoms with van der Waals surface area (Å²) < 4.78 is 1.67.